The summed E-state index contributed by atoms with van der Waals surface area (Å²) in [5.74, 6) is 0.108. The summed E-state index contributed by atoms with van der Waals surface area (Å²) in [4.78, 5) is 6.28. The fraction of sp³-hybridized carbons (Fsp3) is 0.389. The molecule has 1 aromatic rings. The van der Waals surface area contributed by atoms with Crippen LogP contribution in [0.1, 0.15) is 26.2 Å². The molecule has 0 aromatic carbocycles. The average Bonchev–Trinajstić information content (AvgIpc) is 2.97. The third kappa shape index (κ3) is 3.38. The second-order valence-electron chi connectivity index (χ2n) is 6.10. The van der Waals surface area contributed by atoms with Gasteiger partial charge in [0.1, 0.15) is 11.9 Å². The molecular formula is C18H22FN3O. The van der Waals surface area contributed by atoms with E-state index in [9.17, 15) is 4.39 Å². The highest BCUT2D eigenvalue weighted by Crippen LogP contribution is 2.33. The zero-order valence-corrected chi connectivity index (χ0v) is 13.4. The molecule has 4 nitrogen and oxygen atoms in total. The van der Waals surface area contributed by atoms with E-state index in [0.717, 1.165) is 37.9 Å². The van der Waals surface area contributed by atoms with Gasteiger partial charge in [0.05, 0.1) is 12.7 Å². The number of halogens is 1. The molecule has 1 aromatic heterocycles. The topological polar surface area (TPSA) is 51.4 Å². The molecule has 5 heteroatoms. The second-order valence-corrected chi connectivity index (χ2v) is 6.10. The van der Waals surface area contributed by atoms with E-state index in [0.29, 0.717) is 11.6 Å². The summed E-state index contributed by atoms with van der Waals surface area (Å²) in [6.45, 7) is 7.74. The van der Waals surface area contributed by atoms with Gasteiger partial charge >= 0.3 is 0 Å². The van der Waals surface area contributed by atoms with Crippen LogP contribution in [-0.2, 0) is 0 Å². The van der Waals surface area contributed by atoms with Gasteiger partial charge in [-0.3, -0.25) is 0 Å². The lowest BCUT2D eigenvalue weighted by atomic mass is 9.94. The maximum absolute atomic E-state index is 12.9. The maximum Gasteiger partial charge on any atom is 0.213 e. The quantitative estimate of drug-likeness (QED) is 0.927. The number of rotatable bonds is 4. The SMILES string of the molecule is C=C(N)C1=CCCC(C)=C1N1CCC(Oc2ccc(F)cn2)C1. The predicted octanol–water partition coefficient (Wildman–Crippen LogP) is 3.14. The number of pyridine rings is 1. The van der Waals surface area contributed by atoms with Crippen LogP contribution in [0.5, 0.6) is 5.88 Å². The van der Waals surface area contributed by atoms with Crippen molar-refractivity contribution in [3.05, 3.63) is 59.3 Å². The summed E-state index contributed by atoms with van der Waals surface area (Å²) in [6, 6.07) is 2.93. The number of aromatic nitrogens is 1. The molecule has 2 aliphatic rings. The summed E-state index contributed by atoms with van der Waals surface area (Å²) < 4.78 is 18.8. The van der Waals surface area contributed by atoms with Crippen LogP contribution in [0.3, 0.4) is 0 Å². The van der Waals surface area contributed by atoms with E-state index in [4.69, 9.17) is 10.5 Å². The highest BCUT2D eigenvalue weighted by Gasteiger charge is 2.29. The van der Waals surface area contributed by atoms with Crippen LogP contribution in [0.15, 0.2) is 53.5 Å². The van der Waals surface area contributed by atoms with Crippen molar-refractivity contribution in [1.29, 1.82) is 0 Å². The maximum atomic E-state index is 12.9. The first-order valence-electron chi connectivity index (χ1n) is 7.93. The molecule has 1 unspecified atom stereocenters. The van der Waals surface area contributed by atoms with Crippen LogP contribution < -0.4 is 10.5 Å². The zero-order valence-electron chi connectivity index (χ0n) is 13.4. The largest absolute Gasteiger partial charge is 0.472 e. The van der Waals surface area contributed by atoms with Gasteiger partial charge in [0, 0.05) is 36.0 Å². The summed E-state index contributed by atoms with van der Waals surface area (Å²) in [5, 5.41) is 0. The number of ether oxygens (including phenoxy) is 1. The van der Waals surface area contributed by atoms with Crippen molar-refractivity contribution in [1.82, 2.24) is 9.88 Å². The van der Waals surface area contributed by atoms with E-state index >= 15 is 0 Å². The molecule has 0 amide bonds. The molecule has 122 valence electrons. The fourth-order valence-corrected chi connectivity index (χ4v) is 3.23. The predicted molar refractivity (Wildman–Crippen MR) is 88.1 cm³/mol. The number of hydrogen-bond acceptors (Lipinski definition) is 4. The fourth-order valence-electron chi connectivity index (χ4n) is 3.23. The number of nitrogens with zero attached hydrogens (tertiary/aromatic N) is 2. The normalized spacial score (nSPS) is 21.4. The van der Waals surface area contributed by atoms with Crippen LogP contribution in [0.25, 0.3) is 0 Å². The van der Waals surface area contributed by atoms with Gasteiger partial charge in [-0.2, -0.15) is 0 Å². The number of likely N-dealkylation sites (tertiary alicyclic amines) is 1. The van der Waals surface area contributed by atoms with Crippen LogP contribution in [0.2, 0.25) is 0 Å². The van der Waals surface area contributed by atoms with Gasteiger partial charge < -0.3 is 15.4 Å². The van der Waals surface area contributed by atoms with Gasteiger partial charge in [-0.05, 0) is 31.4 Å². The molecule has 23 heavy (non-hydrogen) atoms. The molecule has 1 atom stereocenters. The summed E-state index contributed by atoms with van der Waals surface area (Å²) in [5.41, 5.74) is 10.2. The Hall–Kier alpha value is -2.30. The molecule has 0 saturated carbocycles. The van der Waals surface area contributed by atoms with Crippen molar-refractivity contribution in [2.45, 2.75) is 32.3 Å². The van der Waals surface area contributed by atoms with E-state index in [-0.39, 0.29) is 11.9 Å². The van der Waals surface area contributed by atoms with Gasteiger partial charge in [-0.15, -0.1) is 0 Å². The van der Waals surface area contributed by atoms with Crippen molar-refractivity contribution in [2.24, 2.45) is 5.73 Å². The van der Waals surface area contributed by atoms with Crippen molar-refractivity contribution >= 4 is 0 Å². The summed E-state index contributed by atoms with van der Waals surface area (Å²) in [6.07, 6.45) is 6.35. The third-order valence-corrected chi connectivity index (χ3v) is 4.32. The summed E-state index contributed by atoms with van der Waals surface area (Å²) >= 11 is 0. The minimum atomic E-state index is -0.357. The number of hydrogen-bond donors (Lipinski definition) is 1. The molecule has 3 rings (SSSR count). The molecule has 0 radical (unpaired) electrons. The van der Waals surface area contributed by atoms with Gasteiger partial charge in [0.2, 0.25) is 5.88 Å². The molecule has 0 spiro atoms. The Balaban J connectivity index is 1.70. The Labute approximate surface area is 136 Å². The Morgan fingerprint density at radius 2 is 2.30 bits per heavy atom. The Bertz CT molecular complexity index is 663. The van der Waals surface area contributed by atoms with Crippen molar-refractivity contribution in [3.8, 4) is 5.88 Å². The lowest BCUT2D eigenvalue weighted by Crippen LogP contribution is -2.28. The number of nitrogens with two attached hydrogens (primary N) is 1. The van der Waals surface area contributed by atoms with Crippen molar-refractivity contribution in [2.75, 3.05) is 13.1 Å². The Morgan fingerprint density at radius 1 is 1.48 bits per heavy atom. The third-order valence-electron chi connectivity index (χ3n) is 4.32. The molecular weight excluding hydrogens is 293 g/mol. The van der Waals surface area contributed by atoms with E-state index in [1.165, 1.54) is 23.5 Å². The minimum absolute atomic E-state index is 0.0440. The Morgan fingerprint density at radius 3 is 3.00 bits per heavy atom. The van der Waals surface area contributed by atoms with Crippen LogP contribution in [0.4, 0.5) is 4.39 Å². The molecule has 1 fully saturated rings. The van der Waals surface area contributed by atoms with Crippen LogP contribution in [-0.4, -0.2) is 29.1 Å². The molecule has 1 saturated heterocycles. The standard InChI is InChI=1S/C18H22FN3O/c1-12-4-3-5-16(13(2)20)18(12)22-9-8-15(11-22)23-17-7-6-14(19)10-21-17/h5-7,10,15H,2-4,8-9,11,20H2,1H3. The smallest absolute Gasteiger partial charge is 0.213 e. The minimum Gasteiger partial charge on any atom is -0.472 e. The van der Waals surface area contributed by atoms with E-state index in [2.05, 4.69) is 29.5 Å². The van der Waals surface area contributed by atoms with E-state index in [1.54, 1.807) is 6.07 Å². The van der Waals surface area contributed by atoms with Gasteiger partial charge in [0.25, 0.3) is 0 Å². The zero-order chi connectivity index (χ0) is 16.4. The van der Waals surface area contributed by atoms with E-state index < -0.39 is 0 Å². The van der Waals surface area contributed by atoms with Gasteiger partial charge in [0.15, 0.2) is 0 Å². The van der Waals surface area contributed by atoms with Crippen molar-refractivity contribution in [3.63, 3.8) is 0 Å². The van der Waals surface area contributed by atoms with E-state index in [1.807, 2.05) is 0 Å². The lowest BCUT2D eigenvalue weighted by molar-refractivity contribution is 0.201. The molecule has 1 aliphatic carbocycles. The van der Waals surface area contributed by atoms with Crippen LogP contribution >= 0.6 is 0 Å². The second kappa shape index (κ2) is 6.44. The highest BCUT2D eigenvalue weighted by molar-refractivity contribution is 5.47. The lowest BCUT2D eigenvalue weighted by Gasteiger charge is -2.29. The first kappa shape index (κ1) is 15.6. The highest BCUT2D eigenvalue weighted by atomic mass is 19.1. The molecule has 2 heterocycles. The monoisotopic (exact) mass is 315 g/mol. The first-order chi connectivity index (χ1) is 11.0. The number of allylic oxidation sites excluding steroid dienone is 2. The molecule has 1 aliphatic heterocycles. The first-order valence-corrected chi connectivity index (χ1v) is 7.93. The Kier molecular flexibility index (Phi) is 4.37. The van der Waals surface area contributed by atoms with Gasteiger partial charge in [-0.25, -0.2) is 9.37 Å². The molecule has 2 N–H and O–H groups in total. The van der Waals surface area contributed by atoms with Crippen LogP contribution in [0, 0.1) is 5.82 Å². The summed E-state index contributed by atoms with van der Waals surface area (Å²) in [7, 11) is 0. The average molecular weight is 315 g/mol. The van der Waals surface area contributed by atoms with Crippen molar-refractivity contribution < 1.29 is 9.13 Å². The molecule has 0 bridgehead atoms. The van der Waals surface area contributed by atoms with Gasteiger partial charge in [-0.1, -0.05) is 12.7 Å².